The molecule has 0 atom stereocenters. The SMILES string of the molecule is Cc1cc(-c2sc(C(=O)O)cc2C)ccn1. The minimum Gasteiger partial charge on any atom is -0.477 e. The van der Waals surface area contributed by atoms with Gasteiger partial charge in [0.15, 0.2) is 0 Å². The summed E-state index contributed by atoms with van der Waals surface area (Å²) < 4.78 is 0. The van der Waals surface area contributed by atoms with E-state index in [4.69, 9.17) is 5.11 Å². The molecule has 0 saturated carbocycles. The van der Waals surface area contributed by atoms with E-state index in [-0.39, 0.29) is 0 Å². The highest BCUT2D eigenvalue weighted by atomic mass is 32.1. The van der Waals surface area contributed by atoms with Crippen LogP contribution in [0.5, 0.6) is 0 Å². The maximum atomic E-state index is 10.9. The predicted molar refractivity (Wildman–Crippen MR) is 64.0 cm³/mol. The molecule has 2 heterocycles. The van der Waals surface area contributed by atoms with Gasteiger partial charge >= 0.3 is 5.97 Å². The van der Waals surface area contributed by atoms with Gasteiger partial charge in [0.05, 0.1) is 0 Å². The highest BCUT2D eigenvalue weighted by Crippen LogP contribution is 2.32. The van der Waals surface area contributed by atoms with E-state index in [0.29, 0.717) is 4.88 Å². The first-order valence-electron chi connectivity index (χ1n) is 4.84. The van der Waals surface area contributed by atoms with Gasteiger partial charge in [0.2, 0.25) is 0 Å². The Morgan fingerprint density at radius 3 is 2.69 bits per heavy atom. The summed E-state index contributed by atoms with van der Waals surface area (Å²) >= 11 is 1.30. The summed E-state index contributed by atoms with van der Waals surface area (Å²) in [6.07, 6.45) is 1.74. The summed E-state index contributed by atoms with van der Waals surface area (Å²) in [5.74, 6) is -0.870. The number of hydrogen-bond acceptors (Lipinski definition) is 3. The predicted octanol–water partition coefficient (Wildman–Crippen LogP) is 3.13. The lowest BCUT2D eigenvalue weighted by molar-refractivity contribution is 0.0702. The Morgan fingerprint density at radius 1 is 1.38 bits per heavy atom. The van der Waals surface area contributed by atoms with Gasteiger partial charge in [-0.1, -0.05) is 0 Å². The van der Waals surface area contributed by atoms with E-state index in [1.54, 1.807) is 12.3 Å². The fourth-order valence-electron chi connectivity index (χ4n) is 1.56. The number of hydrogen-bond donors (Lipinski definition) is 1. The van der Waals surface area contributed by atoms with Crippen LogP contribution in [0.25, 0.3) is 10.4 Å². The van der Waals surface area contributed by atoms with Crippen LogP contribution in [0.3, 0.4) is 0 Å². The number of carbonyl (C=O) groups is 1. The molecule has 0 saturated heterocycles. The molecule has 4 heteroatoms. The molecule has 3 nitrogen and oxygen atoms in total. The highest BCUT2D eigenvalue weighted by molar-refractivity contribution is 7.17. The monoisotopic (exact) mass is 233 g/mol. The largest absolute Gasteiger partial charge is 0.477 e. The van der Waals surface area contributed by atoms with Crippen molar-refractivity contribution in [3.63, 3.8) is 0 Å². The molecule has 0 fully saturated rings. The quantitative estimate of drug-likeness (QED) is 0.867. The van der Waals surface area contributed by atoms with Crippen molar-refractivity contribution in [3.05, 3.63) is 40.5 Å². The fourth-order valence-corrected chi connectivity index (χ4v) is 2.57. The number of rotatable bonds is 2. The normalized spacial score (nSPS) is 10.4. The van der Waals surface area contributed by atoms with E-state index in [1.807, 2.05) is 26.0 Å². The number of carboxylic acid groups (broad SMARTS) is 1. The van der Waals surface area contributed by atoms with Crippen LogP contribution >= 0.6 is 11.3 Å². The van der Waals surface area contributed by atoms with Crippen molar-refractivity contribution in [1.29, 1.82) is 0 Å². The zero-order valence-electron chi connectivity index (χ0n) is 9.02. The minimum absolute atomic E-state index is 0.377. The van der Waals surface area contributed by atoms with E-state index in [2.05, 4.69) is 4.98 Å². The molecule has 0 aliphatic heterocycles. The van der Waals surface area contributed by atoms with Crippen LogP contribution in [-0.2, 0) is 0 Å². The maximum absolute atomic E-state index is 10.9. The number of nitrogens with zero attached hydrogens (tertiary/aromatic N) is 1. The van der Waals surface area contributed by atoms with Gasteiger partial charge in [0.25, 0.3) is 0 Å². The summed E-state index contributed by atoms with van der Waals surface area (Å²) in [5, 5.41) is 8.92. The van der Waals surface area contributed by atoms with Gasteiger partial charge in [0.1, 0.15) is 4.88 Å². The first-order valence-corrected chi connectivity index (χ1v) is 5.66. The molecular weight excluding hydrogens is 222 g/mol. The van der Waals surface area contributed by atoms with E-state index in [9.17, 15) is 4.79 Å². The fraction of sp³-hybridized carbons (Fsp3) is 0.167. The molecule has 2 rings (SSSR count). The zero-order chi connectivity index (χ0) is 11.7. The maximum Gasteiger partial charge on any atom is 0.345 e. The standard InChI is InChI=1S/C12H11NO2S/c1-7-5-10(12(14)15)16-11(7)9-3-4-13-8(2)6-9/h3-6H,1-2H3,(H,14,15). The van der Waals surface area contributed by atoms with E-state index in [0.717, 1.165) is 21.7 Å². The third-order valence-corrected chi connectivity index (χ3v) is 3.56. The molecule has 0 amide bonds. The van der Waals surface area contributed by atoms with Crippen LogP contribution in [0.1, 0.15) is 20.9 Å². The van der Waals surface area contributed by atoms with Gasteiger partial charge in [-0.2, -0.15) is 0 Å². The summed E-state index contributed by atoms with van der Waals surface area (Å²) in [6, 6.07) is 5.57. The number of aryl methyl sites for hydroxylation is 2. The van der Waals surface area contributed by atoms with Crippen molar-refractivity contribution < 1.29 is 9.90 Å². The van der Waals surface area contributed by atoms with Gasteiger partial charge in [-0.25, -0.2) is 4.79 Å². The van der Waals surface area contributed by atoms with Crippen molar-refractivity contribution in [2.45, 2.75) is 13.8 Å². The van der Waals surface area contributed by atoms with Gasteiger partial charge in [-0.15, -0.1) is 11.3 Å². The Bertz CT molecular complexity index is 546. The van der Waals surface area contributed by atoms with Gasteiger partial charge in [-0.05, 0) is 43.2 Å². The molecule has 0 aromatic carbocycles. The lowest BCUT2D eigenvalue weighted by atomic mass is 10.1. The van der Waals surface area contributed by atoms with Crippen molar-refractivity contribution in [2.24, 2.45) is 0 Å². The zero-order valence-corrected chi connectivity index (χ0v) is 9.84. The second-order valence-electron chi connectivity index (χ2n) is 3.61. The molecule has 1 N–H and O–H groups in total. The Balaban J connectivity index is 2.52. The second kappa shape index (κ2) is 4.06. The number of aromatic carboxylic acids is 1. The summed E-state index contributed by atoms with van der Waals surface area (Å²) in [4.78, 5) is 16.4. The third kappa shape index (κ3) is 1.97. The highest BCUT2D eigenvalue weighted by Gasteiger charge is 2.12. The molecular formula is C12H11NO2S. The molecule has 16 heavy (non-hydrogen) atoms. The first-order chi connectivity index (χ1) is 7.58. The Labute approximate surface area is 97.4 Å². The van der Waals surface area contributed by atoms with Gasteiger partial charge in [-0.3, -0.25) is 4.98 Å². The Morgan fingerprint density at radius 2 is 2.12 bits per heavy atom. The Hall–Kier alpha value is -1.68. The van der Waals surface area contributed by atoms with Crippen molar-refractivity contribution in [1.82, 2.24) is 4.98 Å². The summed E-state index contributed by atoms with van der Waals surface area (Å²) in [5.41, 5.74) is 2.96. The van der Waals surface area contributed by atoms with Gasteiger partial charge < -0.3 is 5.11 Å². The minimum atomic E-state index is -0.870. The average molecular weight is 233 g/mol. The number of aromatic nitrogens is 1. The molecule has 0 bridgehead atoms. The second-order valence-corrected chi connectivity index (χ2v) is 4.67. The van der Waals surface area contributed by atoms with Crippen LogP contribution in [0.2, 0.25) is 0 Å². The van der Waals surface area contributed by atoms with Gasteiger partial charge in [0, 0.05) is 16.8 Å². The van der Waals surface area contributed by atoms with Crippen molar-refractivity contribution in [3.8, 4) is 10.4 Å². The molecule has 0 unspecified atom stereocenters. The van der Waals surface area contributed by atoms with Crippen LogP contribution in [0.4, 0.5) is 0 Å². The number of thiophene rings is 1. The van der Waals surface area contributed by atoms with E-state index < -0.39 is 5.97 Å². The third-order valence-electron chi connectivity index (χ3n) is 2.29. The molecule has 0 aliphatic rings. The smallest absolute Gasteiger partial charge is 0.345 e. The number of carboxylic acids is 1. The first kappa shape index (κ1) is 10.8. The Kier molecular flexibility index (Phi) is 2.75. The molecule has 0 aliphatic carbocycles. The molecule has 82 valence electrons. The van der Waals surface area contributed by atoms with Crippen molar-refractivity contribution in [2.75, 3.05) is 0 Å². The van der Waals surface area contributed by atoms with Crippen LogP contribution in [0, 0.1) is 13.8 Å². The molecule has 0 radical (unpaired) electrons. The summed E-state index contributed by atoms with van der Waals surface area (Å²) in [7, 11) is 0. The van der Waals surface area contributed by atoms with E-state index in [1.165, 1.54) is 11.3 Å². The number of pyridine rings is 1. The van der Waals surface area contributed by atoms with Crippen LogP contribution in [-0.4, -0.2) is 16.1 Å². The molecule has 2 aromatic rings. The lowest BCUT2D eigenvalue weighted by Crippen LogP contribution is -1.89. The average Bonchev–Trinajstić information content (AvgIpc) is 2.60. The van der Waals surface area contributed by atoms with Crippen molar-refractivity contribution >= 4 is 17.3 Å². The molecule has 2 aromatic heterocycles. The lowest BCUT2D eigenvalue weighted by Gasteiger charge is -2.00. The van der Waals surface area contributed by atoms with Crippen LogP contribution in [0.15, 0.2) is 24.4 Å². The summed E-state index contributed by atoms with van der Waals surface area (Å²) in [6.45, 7) is 3.85. The van der Waals surface area contributed by atoms with E-state index >= 15 is 0 Å². The molecule has 0 spiro atoms. The van der Waals surface area contributed by atoms with Crippen LogP contribution < -0.4 is 0 Å². The topological polar surface area (TPSA) is 50.2 Å².